The van der Waals surface area contributed by atoms with Crippen LogP contribution in [0.1, 0.15) is 11.3 Å². The summed E-state index contributed by atoms with van der Waals surface area (Å²) in [5, 5.41) is 12.9. The second-order valence-electron chi connectivity index (χ2n) is 7.10. The number of hydrogen-bond donors (Lipinski definition) is 1. The van der Waals surface area contributed by atoms with E-state index >= 15 is 0 Å². The standard InChI is InChI=1S/C21H18N4O3/c26-21(13-23-10-8-15-19(23)6-3-7-20(15)25(27)28)24-11-9-18-16(12-24)14-4-1-2-5-17(14)22-18/h1-8,10,22H,9,11-13H2. The minimum Gasteiger partial charge on any atom is -0.358 e. The van der Waals surface area contributed by atoms with Gasteiger partial charge in [0, 0.05) is 53.9 Å². The Morgan fingerprint density at radius 1 is 1.11 bits per heavy atom. The molecule has 0 radical (unpaired) electrons. The van der Waals surface area contributed by atoms with E-state index in [9.17, 15) is 14.9 Å². The fourth-order valence-electron chi connectivity index (χ4n) is 4.13. The van der Waals surface area contributed by atoms with Gasteiger partial charge in [-0.3, -0.25) is 14.9 Å². The van der Waals surface area contributed by atoms with Crippen LogP contribution in [0.2, 0.25) is 0 Å². The largest absolute Gasteiger partial charge is 0.358 e. The first-order valence-electron chi connectivity index (χ1n) is 9.20. The highest BCUT2D eigenvalue weighted by atomic mass is 16.6. The number of non-ortho nitro benzene ring substituents is 1. The number of fused-ring (bicyclic) bond motifs is 4. The predicted molar refractivity (Wildman–Crippen MR) is 106 cm³/mol. The molecule has 1 aliphatic rings. The maximum Gasteiger partial charge on any atom is 0.278 e. The molecule has 1 N–H and O–H groups in total. The number of nitrogens with one attached hydrogen (secondary N) is 1. The fourth-order valence-corrected chi connectivity index (χ4v) is 4.13. The number of nitro groups is 1. The topological polar surface area (TPSA) is 84.2 Å². The number of carbonyl (C=O) groups excluding carboxylic acids is 1. The highest BCUT2D eigenvalue weighted by Gasteiger charge is 2.24. The zero-order valence-corrected chi connectivity index (χ0v) is 15.1. The van der Waals surface area contributed by atoms with E-state index in [1.807, 2.05) is 23.1 Å². The van der Waals surface area contributed by atoms with E-state index in [0.717, 1.165) is 17.3 Å². The molecule has 7 heteroatoms. The number of rotatable bonds is 3. The van der Waals surface area contributed by atoms with Gasteiger partial charge in [-0.25, -0.2) is 0 Å². The second kappa shape index (κ2) is 6.23. The Bertz CT molecular complexity index is 1240. The lowest BCUT2D eigenvalue weighted by atomic mass is 10.0. The summed E-state index contributed by atoms with van der Waals surface area (Å²) in [6.45, 7) is 1.41. The van der Waals surface area contributed by atoms with Gasteiger partial charge in [0.1, 0.15) is 6.54 Å². The summed E-state index contributed by atoms with van der Waals surface area (Å²) in [7, 11) is 0. The quantitative estimate of drug-likeness (QED) is 0.439. The summed E-state index contributed by atoms with van der Waals surface area (Å²) in [4.78, 5) is 29.1. The number of carbonyl (C=O) groups is 1. The monoisotopic (exact) mass is 374 g/mol. The number of aromatic amines is 1. The molecule has 0 atom stereocenters. The van der Waals surface area contributed by atoms with Gasteiger partial charge < -0.3 is 14.5 Å². The van der Waals surface area contributed by atoms with Crippen molar-refractivity contribution in [1.82, 2.24) is 14.5 Å². The van der Waals surface area contributed by atoms with Crippen molar-refractivity contribution in [2.45, 2.75) is 19.5 Å². The van der Waals surface area contributed by atoms with E-state index in [2.05, 4.69) is 17.1 Å². The smallest absolute Gasteiger partial charge is 0.278 e. The predicted octanol–water partition coefficient (Wildman–Crippen LogP) is 3.62. The van der Waals surface area contributed by atoms with Gasteiger partial charge in [-0.2, -0.15) is 0 Å². The zero-order chi connectivity index (χ0) is 19.3. The molecule has 4 aromatic rings. The van der Waals surface area contributed by atoms with E-state index in [-0.39, 0.29) is 18.1 Å². The van der Waals surface area contributed by atoms with E-state index in [1.54, 1.807) is 22.9 Å². The number of para-hydroxylation sites is 1. The van der Waals surface area contributed by atoms with Crippen LogP contribution in [0.15, 0.2) is 54.7 Å². The first kappa shape index (κ1) is 16.6. The van der Waals surface area contributed by atoms with Crippen LogP contribution in [0.5, 0.6) is 0 Å². The molecule has 0 spiro atoms. The van der Waals surface area contributed by atoms with Gasteiger partial charge in [-0.15, -0.1) is 0 Å². The van der Waals surface area contributed by atoms with Crippen molar-refractivity contribution in [3.63, 3.8) is 0 Å². The molecular formula is C21H18N4O3. The van der Waals surface area contributed by atoms with Crippen molar-refractivity contribution >= 4 is 33.4 Å². The number of aromatic nitrogens is 2. The van der Waals surface area contributed by atoms with Crippen LogP contribution < -0.4 is 0 Å². The van der Waals surface area contributed by atoms with E-state index in [4.69, 9.17) is 0 Å². The minimum atomic E-state index is -0.391. The van der Waals surface area contributed by atoms with Gasteiger partial charge >= 0.3 is 0 Å². The number of nitro benzene ring substituents is 1. The van der Waals surface area contributed by atoms with Crippen molar-refractivity contribution in [3.05, 3.63) is 76.1 Å². The third kappa shape index (κ3) is 2.55. The molecule has 1 amide bonds. The fraction of sp³-hybridized carbons (Fsp3) is 0.190. The normalized spacial score (nSPS) is 13.8. The Hall–Kier alpha value is -3.61. The van der Waals surface area contributed by atoms with Crippen molar-refractivity contribution in [1.29, 1.82) is 0 Å². The molecule has 5 rings (SSSR count). The third-order valence-corrected chi connectivity index (χ3v) is 5.53. The Kier molecular flexibility index (Phi) is 3.68. The molecule has 1 aliphatic heterocycles. The van der Waals surface area contributed by atoms with Crippen LogP contribution >= 0.6 is 0 Å². The van der Waals surface area contributed by atoms with E-state index in [0.29, 0.717) is 24.0 Å². The summed E-state index contributed by atoms with van der Waals surface area (Å²) in [6, 6.07) is 14.8. The summed E-state index contributed by atoms with van der Waals surface area (Å²) < 4.78 is 1.79. The Morgan fingerprint density at radius 3 is 2.82 bits per heavy atom. The Balaban J connectivity index is 1.42. The summed E-state index contributed by atoms with van der Waals surface area (Å²) >= 11 is 0. The molecule has 0 unspecified atom stereocenters. The van der Waals surface area contributed by atoms with Gasteiger partial charge in [-0.05, 0) is 18.2 Å². The van der Waals surface area contributed by atoms with Gasteiger partial charge in [0.15, 0.2) is 0 Å². The van der Waals surface area contributed by atoms with Crippen molar-refractivity contribution in [2.75, 3.05) is 6.54 Å². The highest BCUT2D eigenvalue weighted by molar-refractivity contribution is 5.90. The molecule has 0 saturated carbocycles. The molecular weight excluding hydrogens is 356 g/mol. The molecule has 140 valence electrons. The van der Waals surface area contributed by atoms with Gasteiger partial charge in [0.25, 0.3) is 5.69 Å². The molecule has 2 aromatic carbocycles. The number of benzene rings is 2. The van der Waals surface area contributed by atoms with Crippen LogP contribution in [0.4, 0.5) is 5.69 Å². The summed E-state index contributed by atoms with van der Waals surface area (Å²) in [6.07, 6.45) is 2.55. The van der Waals surface area contributed by atoms with Crippen LogP contribution in [-0.4, -0.2) is 31.8 Å². The van der Waals surface area contributed by atoms with Gasteiger partial charge in [0.05, 0.1) is 15.8 Å². The van der Waals surface area contributed by atoms with Gasteiger partial charge in [0.2, 0.25) is 5.91 Å². The van der Waals surface area contributed by atoms with Gasteiger partial charge in [-0.1, -0.05) is 24.3 Å². The van der Waals surface area contributed by atoms with Crippen molar-refractivity contribution < 1.29 is 9.72 Å². The lowest BCUT2D eigenvalue weighted by Crippen LogP contribution is -2.37. The van der Waals surface area contributed by atoms with Crippen molar-refractivity contribution in [3.8, 4) is 0 Å². The first-order chi connectivity index (χ1) is 13.6. The average Bonchev–Trinajstić information content (AvgIpc) is 3.28. The second-order valence-corrected chi connectivity index (χ2v) is 7.10. The van der Waals surface area contributed by atoms with Crippen LogP contribution in [-0.2, 0) is 24.3 Å². The summed E-state index contributed by atoms with van der Waals surface area (Å²) in [5.74, 6) is 0.0138. The lowest BCUT2D eigenvalue weighted by Gasteiger charge is -2.27. The first-order valence-corrected chi connectivity index (χ1v) is 9.20. The Morgan fingerprint density at radius 2 is 1.96 bits per heavy atom. The van der Waals surface area contributed by atoms with E-state index in [1.165, 1.54) is 17.3 Å². The minimum absolute atomic E-state index is 0.0138. The highest BCUT2D eigenvalue weighted by Crippen LogP contribution is 2.29. The Labute approximate surface area is 160 Å². The van der Waals surface area contributed by atoms with Crippen molar-refractivity contribution in [2.24, 2.45) is 0 Å². The van der Waals surface area contributed by atoms with E-state index < -0.39 is 4.92 Å². The number of nitrogens with zero attached hydrogens (tertiary/aromatic N) is 3. The van der Waals surface area contributed by atoms with Crippen LogP contribution in [0.3, 0.4) is 0 Å². The number of hydrogen-bond acceptors (Lipinski definition) is 3. The molecule has 0 bridgehead atoms. The lowest BCUT2D eigenvalue weighted by molar-refractivity contribution is -0.383. The molecule has 7 nitrogen and oxygen atoms in total. The molecule has 28 heavy (non-hydrogen) atoms. The molecule has 3 heterocycles. The maximum absolute atomic E-state index is 13.0. The molecule has 0 fully saturated rings. The molecule has 2 aromatic heterocycles. The maximum atomic E-state index is 13.0. The van der Waals surface area contributed by atoms with Crippen LogP contribution in [0, 0.1) is 10.1 Å². The third-order valence-electron chi connectivity index (χ3n) is 5.53. The molecule has 0 saturated heterocycles. The molecule has 0 aliphatic carbocycles. The number of amides is 1. The zero-order valence-electron chi connectivity index (χ0n) is 15.1. The van der Waals surface area contributed by atoms with Crippen LogP contribution in [0.25, 0.3) is 21.8 Å². The number of H-pyrrole nitrogens is 1. The average molecular weight is 374 g/mol. The summed E-state index contributed by atoms with van der Waals surface area (Å²) in [5.41, 5.74) is 4.25. The SMILES string of the molecule is O=C(Cn1ccc2c([N+](=O)[O-])cccc21)N1CCc2[nH]c3ccccc3c2C1.